The number of carboxylic acid groups (broad SMARTS) is 1. The van der Waals surface area contributed by atoms with Crippen molar-refractivity contribution < 1.29 is 14.6 Å². The first-order valence-electron chi connectivity index (χ1n) is 3.48. The Hall–Kier alpha value is -1.10. The molecule has 12 heavy (non-hydrogen) atoms. The molecule has 4 nitrogen and oxygen atoms in total. The SMILES string of the molecule is CCOc1sc(C)nc1C(=O)O. The van der Waals surface area contributed by atoms with Crippen LogP contribution in [0.2, 0.25) is 0 Å². The van der Waals surface area contributed by atoms with Crippen molar-refractivity contribution in [1.29, 1.82) is 0 Å². The summed E-state index contributed by atoms with van der Waals surface area (Å²) in [6.45, 7) is 4.02. The van der Waals surface area contributed by atoms with Gasteiger partial charge in [0.1, 0.15) is 0 Å². The van der Waals surface area contributed by atoms with Gasteiger partial charge in [-0.1, -0.05) is 11.3 Å². The highest BCUT2D eigenvalue weighted by Crippen LogP contribution is 2.26. The molecule has 0 aromatic carbocycles. The first-order chi connectivity index (χ1) is 5.65. The van der Waals surface area contributed by atoms with Crippen LogP contribution in [0.3, 0.4) is 0 Å². The molecule has 0 unspecified atom stereocenters. The van der Waals surface area contributed by atoms with E-state index < -0.39 is 5.97 Å². The molecule has 0 fully saturated rings. The first kappa shape index (κ1) is 8.99. The van der Waals surface area contributed by atoms with Gasteiger partial charge < -0.3 is 9.84 Å². The Morgan fingerprint density at radius 3 is 2.92 bits per heavy atom. The number of aryl methyl sites for hydroxylation is 1. The van der Waals surface area contributed by atoms with Crippen molar-refractivity contribution in [3.8, 4) is 5.06 Å². The number of carboxylic acids is 1. The largest absolute Gasteiger partial charge is 0.482 e. The second-order valence-corrected chi connectivity index (χ2v) is 3.27. The number of ether oxygens (including phenoxy) is 1. The van der Waals surface area contributed by atoms with E-state index in [1.165, 1.54) is 11.3 Å². The van der Waals surface area contributed by atoms with Gasteiger partial charge in [0.2, 0.25) is 10.8 Å². The number of nitrogens with zero attached hydrogens (tertiary/aromatic N) is 1. The smallest absolute Gasteiger partial charge is 0.359 e. The van der Waals surface area contributed by atoms with Gasteiger partial charge in [-0.05, 0) is 13.8 Å². The van der Waals surface area contributed by atoms with Gasteiger partial charge in [0.05, 0.1) is 11.6 Å². The molecule has 0 saturated carbocycles. The third kappa shape index (κ3) is 1.73. The summed E-state index contributed by atoms with van der Waals surface area (Å²) < 4.78 is 5.09. The topological polar surface area (TPSA) is 59.4 Å². The van der Waals surface area contributed by atoms with Crippen LogP contribution in [0, 0.1) is 6.92 Å². The zero-order valence-electron chi connectivity index (χ0n) is 6.83. The van der Waals surface area contributed by atoms with Crippen LogP contribution in [-0.4, -0.2) is 22.7 Å². The molecule has 0 bridgehead atoms. The van der Waals surface area contributed by atoms with Crippen molar-refractivity contribution in [2.24, 2.45) is 0 Å². The van der Waals surface area contributed by atoms with Crippen LogP contribution in [0.1, 0.15) is 22.4 Å². The minimum absolute atomic E-state index is 0.0133. The van der Waals surface area contributed by atoms with Crippen molar-refractivity contribution in [2.75, 3.05) is 6.61 Å². The van der Waals surface area contributed by atoms with Crippen LogP contribution >= 0.6 is 11.3 Å². The van der Waals surface area contributed by atoms with Crippen LogP contribution in [0.4, 0.5) is 0 Å². The Bertz CT molecular complexity index is 295. The average molecular weight is 187 g/mol. The molecule has 1 rings (SSSR count). The number of carbonyl (C=O) groups is 1. The Balaban J connectivity index is 2.99. The molecule has 0 radical (unpaired) electrons. The van der Waals surface area contributed by atoms with Gasteiger partial charge in [-0.25, -0.2) is 9.78 Å². The molecule has 1 aromatic rings. The standard InChI is InChI=1S/C7H9NO3S/c1-3-11-7-5(6(9)10)8-4(2)12-7/h3H2,1-2H3,(H,9,10). The van der Waals surface area contributed by atoms with E-state index in [-0.39, 0.29) is 5.69 Å². The number of rotatable bonds is 3. The molecule has 0 aliphatic carbocycles. The fourth-order valence-electron chi connectivity index (χ4n) is 0.772. The minimum Gasteiger partial charge on any atom is -0.482 e. The van der Waals surface area contributed by atoms with Crippen molar-refractivity contribution in [2.45, 2.75) is 13.8 Å². The molecule has 0 amide bonds. The van der Waals surface area contributed by atoms with Gasteiger partial charge >= 0.3 is 5.97 Å². The Labute approximate surface area is 73.8 Å². The second-order valence-electron chi connectivity index (χ2n) is 2.11. The highest BCUT2D eigenvalue weighted by Gasteiger charge is 2.16. The van der Waals surface area contributed by atoms with E-state index in [0.29, 0.717) is 16.7 Å². The maximum atomic E-state index is 10.6. The quantitative estimate of drug-likeness (QED) is 0.779. The summed E-state index contributed by atoms with van der Waals surface area (Å²) >= 11 is 1.25. The third-order valence-electron chi connectivity index (χ3n) is 1.18. The van der Waals surface area contributed by atoms with E-state index in [0.717, 1.165) is 0 Å². The lowest BCUT2D eigenvalue weighted by atomic mass is 10.5. The number of aromatic carboxylic acids is 1. The molecule has 0 atom stereocenters. The maximum Gasteiger partial charge on any atom is 0.359 e. The average Bonchev–Trinajstić information content (AvgIpc) is 2.32. The molecular formula is C7H9NO3S. The highest BCUT2D eigenvalue weighted by molar-refractivity contribution is 7.13. The number of hydrogen-bond acceptors (Lipinski definition) is 4. The zero-order chi connectivity index (χ0) is 9.14. The van der Waals surface area contributed by atoms with Crippen LogP contribution in [0.25, 0.3) is 0 Å². The fraction of sp³-hybridized carbons (Fsp3) is 0.429. The molecule has 66 valence electrons. The normalized spacial score (nSPS) is 9.83. The lowest BCUT2D eigenvalue weighted by molar-refractivity contribution is 0.0687. The van der Waals surface area contributed by atoms with E-state index >= 15 is 0 Å². The zero-order valence-corrected chi connectivity index (χ0v) is 7.64. The van der Waals surface area contributed by atoms with E-state index in [9.17, 15) is 4.79 Å². The third-order valence-corrected chi connectivity index (χ3v) is 2.06. The highest BCUT2D eigenvalue weighted by atomic mass is 32.1. The van der Waals surface area contributed by atoms with Gasteiger partial charge in [0.15, 0.2) is 0 Å². The first-order valence-corrected chi connectivity index (χ1v) is 4.30. The Kier molecular flexibility index (Phi) is 2.65. The summed E-state index contributed by atoms with van der Waals surface area (Å²) in [4.78, 5) is 14.4. The summed E-state index contributed by atoms with van der Waals surface area (Å²) in [5.74, 6) is -1.04. The summed E-state index contributed by atoms with van der Waals surface area (Å²) in [5.41, 5.74) is 0.0133. The summed E-state index contributed by atoms with van der Waals surface area (Å²) in [6, 6.07) is 0. The second kappa shape index (κ2) is 3.53. The van der Waals surface area contributed by atoms with Gasteiger partial charge in [-0.15, -0.1) is 0 Å². The van der Waals surface area contributed by atoms with Crippen molar-refractivity contribution in [1.82, 2.24) is 4.98 Å². The van der Waals surface area contributed by atoms with Crippen LogP contribution in [0.5, 0.6) is 5.06 Å². The van der Waals surface area contributed by atoms with Crippen LogP contribution in [-0.2, 0) is 0 Å². The monoisotopic (exact) mass is 187 g/mol. The predicted octanol–water partition coefficient (Wildman–Crippen LogP) is 1.55. The van der Waals surface area contributed by atoms with E-state index in [4.69, 9.17) is 9.84 Å². The molecule has 0 aliphatic heterocycles. The number of hydrogen-bond donors (Lipinski definition) is 1. The summed E-state index contributed by atoms with van der Waals surface area (Å²) in [6.07, 6.45) is 0. The summed E-state index contributed by atoms with van der Waals surface area (Å²) in [7, 11) is 0. The molecule has 1 aromatic heterocycles. The van der Waals surface area contributed by atoms with Crippen molar-refractivity contribution in [3.05, 3.63) is 10.7 Å². The lowest BCUT2D eigenvalue weighted by Gasteiger charge is -1.97. The molecule has 5 heteroatoms. The Morgan fingerprint density at radius 1 is 1.75 bits per heavy atom. The Morgan fingerprint density at radius 2 is 2.42 bits per heavy atom. The number of aromatic nitrogens is 1. The van der Waals surface area contributed by atoms with Gasteiger partial charge in [-0.3, -0.25) is 0 Å². The lowest BCUT2D eigenvalue weighted by Crippen LogP contribution is -2.01. The molecule has 1 N–H and O–H groups in total. The van der Waals surface area contributed by atoms with Gasteiger partial charge in [0.25, 0.3) is 0 Å². The van der Waals surface area contributed by atoms with Crippen LogP contribution < -0.4 is 4.74 Å². The van der Waals surface area contributed by atoms with Crippen LogP contribution in [0.15, 0.2) is 0 Å². The fourth-order valence-corrected chi connectivity index (χ4v) is 1.58. The molecule has 1 heterocycles. The number of thiazole rings is 1. The van der Waals surface area contributed by atoms with Gasteiger partial charge in [0, 0.05) is 0 Å². The molecule has 0 spiro atoms. The van der Waals surface area contributed by atoms with Crippen molar-refractivity contribution in [3.63, 3.8) is 0 Å². The van der Waals surface area contributed by atoms with E-state index in [1.807, 2.05) is 0 Å². The van der Waals surface area contributed by atoms with Gasteiger partial charge in [-0.2, -0.15) is 0 Å². The predicted molar refractivity (Wildman–Crippen MR) is 45.0 cm³/mol. The molecule has 0 aliphatic rings. The van der Waals surface area contributed by atoms with Crippen molar-refractivity contribution >= 4 is 17.3 Å². The van der Waals surface area contributed by atoms with E-state index in [1.54, 1.807) is 13.8 Å². The molecule has 0 saturated heterocycles. The minimum atomic E-state index is -1.04. The summed E-state index contributed by atoms with van der Waals surface area (Å²) in [5, 5.41) is 9.77. The molecular weight excluding hydrogens is 178 g/mol. The maximum absolute atomic E-state index is 10.6. The van der Waals surface area contributed by atoms with E-state index in [2.05, 4.69) is 4.98 Å².